The third-order valence-electron chi connectivity index (χ3n) is 4.76. The molecule has 1 heterocycles. The van der Waals surface area contributed by atoms with Crippen LogP contribution in [0.5, 0.6) is 0 Å². The maximum Gasteiger partial charge on any atom is 0.312 e. The summed E-state index contributed by atoms with van der Waals surface area (Å²) in [5.41, 5.74) is 4.99. The minimum absolute atomic E-state index is 0.285. The number of unbranched alkanes of at least 4 members (excludes halogenated alkanes) is 1. The molecular formula is C15H27N3O2. The molecule has 2 aliphatic rings. The van der Waals surface area contributed by atoms with Gasteiger partial charge in [0.2, 0.25) is 5.91 Å². The molecule has 1 saturated heterocycles. The molecule has 0 spiro atoms. The zero-order chi connectivity index (χ0) is 14.4. The molecule has 3 amide bonds. The normalized spacial score (nSPS) is 25.9. The molecule has 1 aliphatic carbocycles. The molecule has 1 aliphatic heterocycles. The average molecular weight is 281 g/mol. The molecule has 0 aromatic carbocycles. The van der Waals surface area contributed by atoms with Gasteiger partial charge in [0.15, 0.2) is 0 Å². The van der Waals surface area contributed by atoms with Gasteiger partial charge in [0.05, 0.1) is 0 Å². The Hall–Kier alpha value is -1.26. The SMILES string of the molecule is NC(=O)NCCCCC(=O)N1CC[C@H]2CCCC[C@H]2C1. The lowest BCUT2D eigenvalue weighted by atomic mass is 9.75. The largest absolute Gasteiger partial charge is 0.352 e. The number of nitrogens with two attached hydrogens (primary N) is 1. The molecule has 0 unspecified atom stereocenters. The molecule has 5 nitrogen and oxygen atoms in total. The lowest BCUT2D eigenvalue weighted by Crippen LogP contribution is -2.44. The first-order valence-corrected chi connectivity index (χ1v) is 7.98. The summed E-state index contributed by atoms with van der Waals surface area (Å²) < 4.78 is 0. The van der Waals surface area contributed by atoms with Crippen molar-refractivity contribution in [2.24, 2.45) is 17.6 Å². The number of piperidine rings is 1. The van der Waals surface area contributed by atoms with Gasteiger partial charge in [0.1, 0.15) is 0 Å². The Morgan fingerprint density at radius 3 is 2.60 bits per heavy atom. The van der Waals surface area contributed by atoms with Gasteiger partial charge in [0.25, 0.3) is 0 Å². The molecule has 0 radical (unpaired) electrons. The van der Waals surface area contributed by atoms with Crippen LogP contribution in [0.1, 0.15) is 51.4 Å². The van der Waals surface area contributed by atoms with E-state index < -0.39 is 6.03 Å². The van der Waals surface area contributed by atoms with E-state index in [-0.39, 0.29) is 5.91 Å². The zero-order valence-electron chi connectivity index (χ0n) is 12.3. The van der Waals surface area contributed by atoms with E-state index in [1.54, 1.807) is 0 Å². The number of hydrogen-bond acceptors (Lipinski definition) is 2. The van der Waals surface area contributed by atoms with E-state index in [9.17, 15) is 9.59 Å². The van der Waals surface area contributed by atoms with Crippen LogP contribution in [0.3, 0.4) is 0 Å². The second-order valence-electron chi connectivity index (χ2n) is 6.18. The maximum absolute atomic E-state index is 12.2. The van der Waals surface area contributed by atoms with Gasteiger partial charge in [-0.05, 0) is 37.5 Å². The number of nitrogens with zero attached hydrogens (tertiary/aromatic N) is 1. The van der Waals surface area contributed by atoms with Gasteiger partial charge in [-0.1, -0.05) is 19.3 Å². The van der Waals surface area contributed by atoms with Crippen molar-refractivity contribution in [3.8, 4) is 0 Å². The predicted octanol–water partition coefficient (Wildman–Crippen LogP) is 1.86. The Morgan fingerprint density at radius 2 is 1.85 bits per heavy atom. The van der Waals surface area contributed by atoms with Crippen molar-refractivity contribution in [2.75, 3.05) is 19.6 Å². The highest BCUT2D eigenvalue weighted by Crippen LogP contribution is 2.36. The fourth-order valence-corrected chi connectivity index (χ4v) is 3.60. The zero-order valence-corrected chi connectivity index (χ0v) is 12.3. The Bertz CT molecular complexity index is 346. The van der Waals surface area contributed by atoms with Gasteiger partial charge in [-0.3, -0.25) is 4.79 Å². The highest BCUT2D eigenvalue weighted by atomic mass is 16.2. The summed E-state index contributed by atoms with van der Waals surface area (Å²) in [6.07, 6.45) is 8.81. The summed E-state index contributed by atoms with van der Waals surface area (Å²) in [6, 6.07) is -0.490. The van der Waals surface area contributed by atoms with Crippen LogP contribution in [-0.2, 0) is 4.79 Å². The third kappa shape index (κ3) is 4.39. The van der Waals surface area contributed by atoms with E-state index in [0.29, 0.717) is 13.0 Å². The first-order chi connectivity index (χ1) is 9.66. The van der Waals surface area contributed by atoms with Crippen molar-refractivity contribution in [1.29, 1.82) is 0 Å². The minimum atomic E-state index is -0.490. The molecule has 5 heteroatoms. The highest BCUT2D eigenvalue weighted by molar-refractivity contribution is 5.76. The van der Waals surface area contributed by atoms with Crippen molar-refractivity contribution >= 4 is 11.9 Å². The van der Waals surface area contributed by atoms with Crippen LogP contribution in [0.25, 0.3) is 0 Å². The third-order valence-corrected chi connectivity index (χ3v) is 4.76. The summed E-state index contributed by atoms with van der Waals surface area (Å²) in [5.74, 6) is 1.90. The number of carbonyl (C=O) groups is 2. The number of likely N-dealkylation sites (tertiary alicyclic amines) is 1. The molecule has 1 saturated carbocycles. The van der Waals surface area contributed by atoms with Gasteiger partial charge in [0, 0.05) is 26.1 Å². The van der Waals surface area contributed by atoms with E-state index in [2.05, 4.69) is 10.2 Å². The number of urea groups is 1. The maximum atomic E-state index is 12.2. The van der Waals surface area contributed by atoms with Gasteiger partial charge in [-0.25, -0.2) is 4.79 Å². The van der Waals surface area contributed by atoms with E-state index >= 15 is 0 Å². The number of amides is 3. The van der Waals surface area contributed by atoms with Crippen molar-refractivity contribution in [3.05, 3.63) is 0 Å². The van der Waals surface area contributed by atoms with E-state index in [1.165, 1.54) is 32.1 Å². The molecule has 2 atom stereocenters. The molecule has 2 fully saturated rings. The number of fused-ring (bicyclic) bond motifs is 1. The van der Waals surface area contributed by atoms with Gasteiger partial charge >= 0.3 is 6.03 Å². The summed E-state index contributed by atoms with van der Waals surface area (Å²) in [6.45, 7) is 2.48. The van der Waals surface area contributed by atoms with Crippen LogP contribution < -0.4 is 11.1 Å². The molecule has 114 valence electrons. The van der Waals surface area contributed by atoms with E-state index in [0.717, 1.165) is 37.8 Å². The van der Waals surface area contributed by atoms with Gasteiger partial charge < -0.3 is 16.0 Å². The molecule has 3 N–H and O–H groups in total. The molecule has 2 rings (SSSR count). The second-order valence-corrected chi connectivity index (χ2v) is 6.18. The van der Waals surface area contributed by atoms with Crippen molar-refractivity contribution in [3.63, 3.8) is 0 Å². The van der Waals surface area contributed by atoms with Gasteiger partial charge in [-0.2, -0.15) is 0 Å². The lowest BCUT2D eigenvalue weighted by molar-refractivity contribution is -0.134. The fraction of sp³-hybridized carbons (Fsp3) is 0.867. The molecule has 0 aromatic heterocycles. The number of nitrogens with one attached hydrogen (secondary N) is 1. The number of primary amides is 1. The topological polar surface area (TPSA) is 75.4 Å². The molecule has 0 aromatic rings. The summed E-state index contributed by atoms with van der Waals surface area (Å²) in [4.78, 5) is 24.8. The number of carbonyl (C=O) groups excluding carboxylic acids is 2. The Labute approximate surface area is 121 Å². The summed E-state index contributed by atoms with van der Waals surface area (Å²) in [7, 11) is 0. The van der Waals surface area contributed by atoms with Crippen molar-refractivity contribution in [2.45, 2.75) is 51.4 Å². The van der Waals surface area contributed by atoms with Crippen molar-refractivity contribution < 1.29 is 9.59 Å². The van der Waals surface area contributed by atoms with Crippen LogP contribution in [0, 0.1) is 11.8 Å². The minimum Gasteiger partial charge on any atom is -0.352 e. The van der Waals surface area contributed by atoms with Crippen LogP contribution in [-0.4, -0.2) is 36.5 Å². The van der Waals surface area contributed by atoms with Crippen LogP contribution in [0.2, 0.25) is 0 Å². The standard InChI is InChI=1S/C15H27N3O2/c16-15(20)17-9-4-3-7-14(19)18-10-8-12-5-1-2-6-13(12)11-18/h12-13H,1-11H2,(H3,16,17,20)/t12-,13+/m1/s1. The number of hydrogen-bond donors (Lipinski definition) is 2. The molecule has 0 bridgehead atoms. The fourth-order valence-electron chi connectivity index (χ4n) is 3.60. The molecular weight excluding hydrogens is 254 g/mol. The monoisotopic (exact) mass is 281 g/mol. The Morgan fingerprint density at radius 1 is 1.10 bits per heavy atom. The van der Waals surface area contributed by atoms with Crippen molar-refractivity contribution in [1.82, 2.24) is 10.2 Å². The highest BCUT2D eigenvalue weighted by Gasteiger charge is 2.32. The second kappa shape index (κ2) is 7.50. The first kappa shape index (κ1) is 15.1. The van der Waals surface area contributed by atoms with E-state index in [1.807, 2.05) is 0 Å². The molecule has 20 heavy (non-hydrogen) atoms. The first-order valence-electron chi connectivity index (χ1n) is 7.98. The predicted molar refractivity (Wildman–Crippen MR) is 78.1 cm³/mol. The quantitative estimate of drug-likeness (QED) is 0.755. The van der Waals surface area contributed by atoms with Gasteiger partial charge in [-0.15, -0.1) is 0 Å². The van der Waals surface area contributed by atoms with Crippen LogP contribution >= 0.6 is 0 Å². The number of rotatable bonds is 5. The Balaban J connectivity index is 1.64. The Kier molecular flexibility index (Phi) is 5.68. The van der Waals surface area contributed by atoms with E-state index in [4.69, 9.17) is 5.73 Å². The average Bonchev–Trinajstić information content (AvgIpc) is 2.46. The smallest absolute Gasteiger partial charge is 0.312 e. The van der Waals surface area contributed by atoms with Crippen LogP contribution in [0.15, 0.2) is 0 Å². The summed E-state index contributed by atoms with van der Waals surface area (Å²) >= 11 is 0. The lowest BCUT2D eigenvalue weighted by Gasteiger charge is -2.41. The van der Waals surface area contributed by atoms with Crippen LogP contribution in [0.4, 0.5) is 4.79 Å². The summed E-state index contributed by atoms with van der Waals surface area (Å²) in [5, 5.41) is 2.55.